The van der Waals surface area contributed by atoms with E-state index in [0.717, 1.165) is 5.56 Å². The van der Waals surface area contributed by atoms with Crippen LogP contribution in [0, 0.1) is 0 Å². The van der Waals surface area contributed by atoms with Gasteiger partial charge in [-0.3, -0.25) is 4.79 Å². The molecule has 0 aliphatic rings. The van der Waals surface area contributed by atoms with Crippen LogP contribution in [0.15, 0.2) is 53.7 Å². The Morgan fingerprint density at radius 2 is 1.91 bits per heavy atom. The van der Waals surface area contributed by atoms with E-state index in [9.17, 15) is 4.79 Å². The number of carbonyl (C=O) groups is 1. The SMILES string of the molecule is CC(C)c1ccc(/C=N\OCC(=O)Nc2ccccc2Cl)cc1. The largest absolute Gasteiger partial charge is 0.386 e. The number of hydrogen-bond acceptors (Lipinski definition) is 3. The highest BCUT2D eigenvalue weighted by Gasteiger charge is 2.05. The minimum Gasteiger partial charge on any atom is -0.386 e. The summed E-state index contributed by atoms with van der Waals surface area (Å²) in [6.45, 7) is 4.11. The van der Waals surface area contributed by atoms with Crippen LogP contribution in [0.1, 0.15) is 30.9 Å². The minimum atomic E-state index is -0.314. The summed E-state index contributed by atoms with van der Waals surface area (Å²) in [4.78, 5) is 16.7. The first-order valence-electron chi connectivity index (χ1n) is 7.36. The zero-order chi connectivity index (χ0) is 16.7. The molecule has 0 aliphatic heterocycles. The Morgan fingerprint density at radius 1 is 1.22 bits per heavy atom. The van der Waals surface area contributed by atoms with Crippen LogP contribution in [-0.4, -0.2) is 18.7 Å². The predicted molar refractivity (Wildman–Crippen MR) is 94.2 cm³/mol. The molecule has 0 atom stereocenters. The average Bonchev–Trinajstić information content (AvgIpc) is 2.54. The molecule has 2 aromatic rings. The fourth-order valence-corrected chi connectivity index (χ4v) is 2.09. The molecule has 0 heterocycles. The number of benzene rings is 2. The molecule has 0 saturated heterocycles. The number of nitrogens with zero attached hydrogens (tertiary/aromatic N) is 1. The molecular weight excluding hydrogens is 312 g/mol. The van der Waals surface area contributed by atoms with E-state index in [1.54, 1.807) is 30.5 Å². The summed E-state index contributed by atoms with van der Waals surface area (Å²) < 4.78 is 0. The average molecular weight is 331 g/mol. The van der Waals surface area contributed by atoms with E-state index in [4.69, 9.17) is 16.4 Å². The Kier molecular flexibility index (Phi) is 6.18. The van der Waals surface area contributed by atoms with Gasteiger partial charge in [-0.1, -0.05) is 67.0 Å². The van der Waals surface area contributed by atoms with Gasteiger partial charge in [-0.15, -0.1) is 0 Å². The van der Waals surface area contributed by atoms with E-state index in [-0.39, 0.29) is 12.5 Å². The lowest BCUT2D eigenvalue weighted by Crippen LogP contribution is -2.17. The van der Waals surface area contributed by atoms with Crippen molar-refractivity contribution in [3.05, 3.63) is 64.7 Å². The number of nitrogens with one attached hydrogen (secondary N) is 1. The van der Waals surface area contributed by atoms with Crippen molar-refractivity contribution in [1.29, 1.82) is 0 Å². The molecule has 4 nitrogen and oxygen atoms in total. The molecule has 0 bridgehead atoms. The van der Waals surface area contributed by atoms with Crippen LogP contribution in [0.25, 0.3) is 0 Å². The lowest BCUT2D eigenvalue weighted by Gasteiger charge is -2.06. The maximum Gasteiger partial charge on any atom is 0.265 e. The van der Waals surface area contributed by atoms with Gasteiger partial charge in [0.15, 0.2) is 6.61 Å². The molecule has 5 heteroatoms. The lowest BCUT2D eigenvalue weighted by atomic mass is 10.0. The van der Waals surface area contributed by atoms with Crippen LogP contribution in [0.4, 0.5) is 5.69 Å². The standard InChI is InChI=1S/C18H19ClN2O2/c1-13(2)15-9-7-14(8-10-15)11-20-23-12-18(22)21-17-6-4-3-5-16(17)19/h3-11,13H,12H2,1-2H3,(H,21,22)/b20-11-. The molecule has 0 radical (unpaired) electrons. The van der Waals surface area contributed by atoms with E-state index in [1.165, 1.54) is 5.56 Å². The first-order valence-corrected chi connectivity index (χ1v) is 7.73. The quantitative estimate of drug-likeness (QED) is 0.628. The maximum absolute atomic E-state index is 11.7. The van der Waals surface area contributed by atoms with E-state index in [2.05, 4.69) is 36.5 Å². The zero-order valence-corrected chi connectivity index (χ0v) is 13.9. The molecule has 1 amide bonds. The predicted octanol–water partition coefficient (Wildman–Crippen LogP) is 4.45. The van der Waals surface area contributed by atoms with Crippen molar-refractivity contribution in [2.45, 2.75) is 19.8 Å². The molecule has 0 spiro atoms. The van der Waals surface area contributed by atoms with Gasteiger partial charge in [0.05, 0.1) is 16.9 Å². The summed E-state index contributed by atoms with van der Waals surface area (Å²) in [5.74, 6) is 0.177. The van der Waals surface area contributed by atoms with Crippen molar-refractivity contribution in [3.8, 4) is 0 Å². The minimum absolute atomic E-state index is 0.175. The summed E-state index contributed by atoms with van der Waals surface area (Å²) in [5, 5.41) is 6.94. The summed E-state index contributed by atoms with van der Waals surface area (Å²) in [7, 11) is 0. The monoisotopic (exact) mass is 330 g/mol. The highest BCUT2D eigenvalue weighted by Crippen LogP contribution is 2.20. The van der Waals surface area contributed by atoms with Gasteiger partial charge in [0.25, 0.3) is 5.91 Å². The van der Waals surface area contributed by atoms with Gasteiger partial charge in [-0.25, -0.2) is 0 Å². The Morgan fingerprint density at radius 3 is 2.57 bits per heavy atom. The number of halogens is 1. The number of para-hydroxylation sites is 1. The van der Waals surface area contributed by atoms with Gasteiger partial charge in [0.1, 0.15) is 0 Å². The fourth-order valence-electron chi connectivity index (χ4n) is 1.91. The maximum atomic E-state index is 11.7. The van der Waals surface area contributed by atoms with Crippen LogP contribution in [0.3, 0.4) is 0 Å². The molecule has 0 fully saturated rings. The molecular formula is C18H19ClN2O2. The molecule has 0 aromatic heterocycles. The van der Waals surface area contributed by atoms with Gasteiger partial charge in [-0.05, 0) is 29.2 Å². The molecule has 2 aromatic carbocycles. The number of oxime groups is 1. The van der Waals surface area contributed by atoms with Crippen molar-refractivity contribution in [3.63, 3.8) is 0 Å². The Balaban J connectivity index is 1.80. The van der Waals surface area contributed by atoms with E-state index < -0.39 is 0 Å². The number of rotatable bonds is 6. The smallest absolute Gasteiger partial charge is 0.265 e. The Bertz CT molecular complexity index is 682. The van der Waals surface area contributed by atoms with Crippen LogP contribution in [0.2, 0.25) is 5.02 Å². The van der Waals surface area contributed by atoms with E-state index >= 15 is 0 Å². The molecule has 0 aliphatic carbocycles. The number of amides is 1. The highest BCUT2D eigenvalue weighted by molar-refractivity contribution is 6.33. The van der Waals surface area contributed by atoms with Gasteiger partial charge in [0.2, 0.25) is 0 Å². The summed E-state index contributed by atoms with van der Waals surface area (Å²) in [6, 6.07) is 15.0. The molecule has 2 rings (SSSR count). The second-order valence-corrected chi connectivity index (χ2v) is 5.76. The first-order chi connectivity index (χ1) is 11.1. The second kappa shape index (κ2) is 8.34. The normalized spacial score (nSPS) is 11.0. The van der Waals surface area contributed by atoms with Crippen molar-refractivity contribution in [1.82, 2.24) is 0 Å². The van der Waals surface area contributed by atoms with E-state index in [0.29, 0.717) is 16.6 Å². The molecule has 0 unspecified atom stereocenters. The lowest BCUT2D eigenvalue weighted by molar-refractivity contribution is -0.120. The Hall–Kier alpha value is -2.33. The third-order valence-corrected chi connectivity index (χ3v) is 3.55. The number of carbonyl (C=O) groups excluding carboxylic acids is 1. The Labute approximate surface area is 141 Å². The van der Waals surface area contributed by atoms with Crippen molar-refractivity contribution >= 4 is 29.4 Å². The second-order valence-electron chi connectivity index (χ2n) is 5.36. The third kappa shape index (κ3) is 5.42. The molecule has 1 N–H and O–H groups in total. The van der Waals surface area contributed by atoms with Gasteiger partial charge in [-0.2, -0.15) is 0 Å². The third-order valence-electron chi connectivity index (χ3n) is 3.22. The molecule has 0 saturated carbocycles. The van der Waals surface area contributed by atoms with Crippen LogP contribution >= 0.6 is 11.6 Å². The number of anilines is 1. The van der Waals surface area contributed by atoms with Gasteiger partial charge < -0.3 is 10.2 Å². The molecule has 23 heavy (non-hydrogen) atoms. The van der Waals surface area contributed by atoms with Crippen LogP contribution in [-0.2, 0) is 9.63 Å². The van der Waals surface area contributed by atoms with Crippen molar-refractivity contribution < 1.29 is 9.63 Å². The van der Waals surface area contributed by atoms with Gasteiger partial charge in [0, 0.05) is 0 Å². The fraction of sp³-hybridized carbons (Fsp3) is 0.222. The highest BCUT2D eigenvalue weighted by atomic mass is 35.5. The van der Waals surface area contributed by atoms with Crippen LogP contribution in [0.5, 0.6) is 0 Å². The summed E-state index contributed by atoms with van der Waals surface area (Å²) in [6.07, 6.45) is 1.58. The topological polar surface area (TPSA) is 50.7 Å². The summed E-state index contributed by atoms with van der Waals surface area (Å²) in [5.41, 5.74) is 2.74. The van der Waals surface area contributed by atoms with E-state index in [1.807, 2.05) is 12.1 Å². The summed E-state index contributed by atoms with van der Waals surface area (Å²) >= 11 is 5.96. The van der Waals surface area contributed by atoms with Gasteiger partial charge >= 0.3 is 0 Å². The zero-order valence-electron chi connectivity index (χ0n) is 13.1. The van der Waals surface area contributed by atoms with Crippen LogP contribution < -0.4 is 5.32 Å². The number of hydrogen-bond donors (Lipinski definition) is 1. The first kappa shape index (κ1) is 17.0. The van der Waals surface area contributed by atoms with Crippen molar-refractivity contribution in [2.75, 3.05) is 11.9 Å². The van der Waals surface area contributed by atoms with Crippen molar-refractivity contribution in [2.24, 2.45) is 5.16 Å². The molecule has 120 valence electrons.